The molecule has 44 heavy (non-hydrogen) atoms. The maximum Gasteiger partial charge on any atom is 0.460 e. The van der Waals surface area contributed by atoms with Crippen LogP contribution in [0.1, 0.15) is 61.3 Å². The van der Waals surface area contributed by atoms with E-state index in [0.29, 0.717) is 24.2 Å². The number of benzene rings is 3. The molecule has 0 N–H and O–H groups in total. The number of hydrogen-bond acceptors (Lipinski definition) is 4. The van der Waals surface area contributed by atoms with Gasteiger partial charge in [-0.15, -0.1) is 0 Å². The number of hydrogen-bond donors (Lipinski definition) is 0. The van der Waals surface area contributed by atoms with Gasteiger partial charge in [-0.1, -0.05) is 48.5 Å². The predicted molar refractivity (Wildman–Crippen MR) is 143 cm³/mol. The van der Waals surface area contributed by atoms with Crippen LogP contribution in [-0.2, 0) is 16.5 Å². The van der Waals surface area contributed by atoms with E-state index in [4.69, 9.17) is 4.74 Å². The molecule has 2 atom stereocenters. The number of alkyl halides is 9. The third-order valence-corrected chi connectivity index (χ3v) is 8.40. The van der Waals surface area contributed by atoms with E-state index in [-0.39, 0.29) is 11.8 Å². The van der Waals surface area contributed by atoms with Crippen LogP contribution in [0.4, 0.5) is 39.5 Å². The van der Waals surface area contributed by atoms with Crippen LogP contribution in [0.3, 0.4) is 0 Å². The van der Waals surface area contributed by atoms with Gasteiger partial charge in [-0.05, 0) is 86.1 Å². The molecule has 0 heterocycles. The van der Waals surface area contributed by atoms with Crippen LogP contribution in [0.15, 0.2) is 72.8 Å². The first kappa shape index (κ1) is 33.5. The van der Waals surface area contributed by atoms with Crippen LogP contribution in [0.2, 0.25) is 0 Å². The van der Waals surface area contributed by atoms with E-state index in [1.165, 1.54) is 12.1 Å². The van der Waals surface area contributed by atoms with Gasteiger partial charge in [0.05, 0.1) is 0 Å². The highest BCUT2D eigenvalue weighted by Crippen LogP contribution is 2.55. The summed E-state index contributed by atoms with van der Waals surface area (Å²) in [4.78, 5) is 0. The Morgan fingerprint density at radius 2 is 1.27 bits per heavy atom. The molecule has 0 saturated heterocycles. The molecule has 0 radical (unpaired) electrons. The highest BCUT2D eigenvalue weighted by Gasteiger charge is 2.86. The van der Waals surface area contributed by atoms with Gasteiger partial charge in [-0.25, -0.2) is 0 Å². The van der Waals surface area contributed by atoms with Crippen LogP contribution in [0.5, 0.6) is 11.5 Å². The molecule has 1 aliphatic carbocycles. The minimum atomic E-state index is -7.39. The average molecular weight is 655 g/mol. The molecule has 0 aliphatic heterocycles. The Balaban J connectivity index is 1.69. The van der Waals surface area contributed by atoms with E-state index >= 15 is 0 Å². The number of rotatable bonds is 8. The maximum absolute atomic E-state index is 14.1. The third-order valence-electron chi connectivity index (χ3n) is 7.10. The number of aryl methyl sites for hydroxylation is 1. The standard InChI is InChI=1S/C30H27F9O4S/c1-26(2,3)42-22-14-16-24-20(17-22)11-15-23(18-7-5-4-6-8-18)25(24)19-9-12-21(13-10-19)43-44(40,41)30(38,39)28(33,34)27(31,32)29(35,36)37/h4-10,12-14,16-17,23,25H,11,15H2,1-3H3/t23?,25-/m0/s1. The monoisotopic (exact) mass is 654 g/mol. The lowest BCUT2D eigenvalue weighted by molar-refractivity contribution is -0.382. The first-order valence-electron chi connectivity index (χ1n) is 13.2. The van der Waals surface area contributed by atoms with Crippen molar-refractivity contribution in [1.29, 1.82) is 0 Å². The van der Waals surface area contributed by atoms with Crippen LogP contribution < -0.4 is 8.92 Å². The van der Waals surface area contributed by atoms with Gasteiger partial charge in [0.1, 0.15) is 17.1 Å². The van der Waals surface area contributed by atoms with Crippen LogP contribution in [0.25, 0.3) is 0 Å². The fourth-order valence-electron chi connectivity index (χ4n) is 5.11. The van der Waals surface area contributed by atoms with E-state index in [1.807, 2.05) is 63.2 Å². The molecule has 14 heteroatoms. The fourth-order valence-corrected chi connectivity index (χ4v) is 6.02. The van der Waals surface area contributed by atoms with Gasteiger partial charge in [0.25, 0.3) is 0 Å². The summed E-state index contributed by atoms with van der Waals surface area (Å²) in [7, 11) is -7.05. The van der Waals surface area contributed by atoms with Gasteiger partial charge in [0.15, 0.2) is 0 Å². The van der Waals surface area contributed by atoms with Crippen LogP contribution in [-0.4, -0.2) is 37.3 Å². The topological polar surface area (TPSA) is 52.6 Å². The van der Waals surface area contributed by atoms with Crippen molar-refractivity contribution in [2.75, 3.05) is 0 Å². The molecule has 4 nitrogen and oxygen atoms in total. The zero-order chi connectivity index (χ0) is 32.9. The van der Waals surface area contributed by atoms with E-state index < -0.39 is 44.7 Å². The predicted octanol–water partition coefficient (Wildman–Crippen LogP) is 8.86. The molecular weight excluding hydrogens is 627 g/mol. The molecule has 0 fully saturated rings. The Labute approximate surface area is 247 Å². The third kappa shape index (κ3) is 6.09. The lowest BCUT2D eigenvalue weighted by Gasteiger charge is -2.35. The van der Waals surface area contributed by atoms with E-state index in [9.17, 15) is 47.9 Å². The largest absolute Gasteiger partial charge is 0.488 e. The summed E-state index contributed by atoms with van der Waals surface area (Å²) < 4.78 is 154. The van der Waals surface area contributed by atoms with Gasteiger partial charge in [-0.3, -0.25) is 0 Å². The zero-order valence-corrected chi connectivity index (χ0v) is 24.3. The Morgan fingerprint density at radius 3 is 1.82 bits per heavy atom. The summed E-state index contributed by atoms with van der Waals surface area (Å²) in [5, 5.41) is -6.95. The van der Waals surface area contributed by atoms with E-state index in [0.717, 1.165) is 28.8 Å². The van der Waals surface area contributed by atoms with Crippen molar-refractivity contribution in [2.24, 2.45) is 0 Å². The summed E-state index contributed by atoms with van der Waals surface area (Å²) in [5.41, 5.74) is 2.88. The fraction of sp³-hybridized carbons (Fsp3) is 0.400. The van der Waals surface area contributed by atoms with Crippen molar-refractivity contribution in [3.05, 3.63) is 95.1 Å². The van der Waals surface area contributed by atoms with Gasteiger partial charge in [0.2, 0.25) is 0 Å². The Hall–Kier alpha value is -3.42. The lowest BCUT2D eigenvalue weighted by Crippen LogP contribution is -2.63. The van der Waals surface area contributed by atoms with Crippen LogP contribution >= 0.6 is 0 Å². The van der Waals surface area contributed by atoms with Crippen molar-refractivity contribution >= 4 is 10.1 Å². The molecule has 1 unspecified atom stereocenters. The number of ether oxygens (including phenoxy) is 1. The van der Waals surface area contributed by atoms with Crippen LogP contribution in [0, 0.1) is 0 Å². The first-order valence-corrected chi connectivity index (χ1v) is 14.6. The van der Waals surface area contributed by atoms with Crippen molar-refractivity contribution < 1.29 is 56.9 Å². The smallest absolute Gasteiger partial charge is 0.460 e. The highest BCUT2D eigenvalue weighted by atomic mass is 32.2. The van der Waals surface area contributed by atoms with Gasteiger partial charge in [-0.2, -0.15) is 47.9 Å². The molecule has 1 aliphatic rings. The minimum Gasteiger partial charge on any atom is -0.488 e. The molecule has 240 valence electrons. The quantitative estimate of drug-likeness (QED) is 0.180. The molecule has 0 bridgehead atoms. The molecule has 0 amide bonds. The number of halogens is 9. The molecule has 0 spiro atoms. The number of fused-ring (bicyclic) bond motifs is 1. The Bertz CT molecular complexity index is 1580. The summed E-state index contributed by atoms with van der Waals surface area (Å²) in [6, 6.07) is 19.1. The zero-order valence-electron chi connectivity index (χ0n) is 23.4. The van der Waals surface area contributed by atoms with E-state index in [2.05, 4.69) is 4.18 Å². The Kier molecular flexibility index (Phi) is 8.51. The van der Waals surface area contributed by atoms with E-state index in [1.54, 1.807) is 6.07 Å². The molecule has 0 saturated carbocycles. The van der Waals surface area contributed by atoms with Crippen molar-refractivity contribution in [3.8, 4) is 11.5 Å². The molecule has 0 aromatic heterocycles. The molecule has 4 rings (SSSR count). The Morgan fingerprint density at radius 1 is 0.705 bits per heavy atom. The second kappa shape index (κ2) is 11.2. The minimum absolute atomic E-state index is 0.110. The van der Waals surface area contributed by atoms with Crippen molar-refractivity contribution in [3.63, 3.8) is 0 Å². The first-order chi connectivity index (χ1) is 20.1. The molecular formula is C30H27F9O4S. The summed E-state index contributed by atoms with van der Waals surface area (Å²) in [5.74, 6) is -15.6. The average Bonchev–Trinajstić information content (AvgIpc) is 2.91. The van der Waals surface area contributed by atoms with Gasteiger partial charge < -0.3 is 8.92 Å². The summed E-state index contributed by atoms with van der Waals surface area (Å²) >= 11 is 0. The molecule has 3 aromatic carbocycles. The maximum atomic E-state index is 14.1. The normalized spacial score (nSPS) is 18.5. The summed E-state index contributed by atoms with van der Waals surface area (Å²) in [6.45, 7) is 5.68. The second-order valence-electron chi connectivity index (χ2n) is 11.4. The highest BCUT2D eigenvalue weighted by molar-refractivity contribution is 7.88. The lowest BCUT2D eigenvalue weighted by atomic mass is 9.69. The van der Waals surface area contributed by atoms with Crippen molar-refractivity contribution in [2.45, 2.75) is 74.3 Å². The second-order valence-corrected chi connectivity index (χ2v) is 13.0. The van der Waals surface area contributed by atoms with Crippen molar-refractivity contribution in [1.82, 2.24) is 0 Å². The SMILES string of the molecule is CC(C)(C)Oc1ccc2c(c1)CCC(c1ccccc1)[C@@H]2c1ccc(OS(=O)(=O)C(F)(F)C(F)(F)C(F)(F)C(F)(F)F)cc1. The molecule has 3 aromatic rings. The summed E-state index contributed by atoms with van der Waals surface area (Å²) in [6.07, 6.45) is -5.83. The van der Waals surface area contributed by atoms with Gasteiger partial charge >= 0.3 is 33.4 Å². The van der Waals surface area contributed by atoms with Gasteiger partial charge in [0, 0.05) is 5.92 Å².